The van der Waals surface area contributed by atoms with Crippen LogP contribution in [0.5, 0.6) is 5.75 Å². The molecule has 140 valence electrons. The SMILES string of the molecule is CCOC(=O)C[C@H]1CCCCN1C(=O)c1cc2ccc(OC)cc2n1C. The fraction of sp³-hybridized carbons (Fsp3) is 0.500. The van der Waals surface area contributed by atoms with Gasteiger partial charge in [-0.3, -0.25) is 9.59 Å². The van der Waals surface area contributed by atoms with Crippen molar-refractivity contribution < 1.29 is 19.1 Å². The first kappa shape index (κ1) is 18.3. The first-order valence-electron chi connectivity index (χ1n) is 9.15. The Labute approximate surface area is 153 Å². The van der Waals surface area contributed by atoms with Crippen molar-refractivity contribution in [1.29, 1.82) is 0 Å². The number of rotatable bonds is 5. The first-order chi connectivity index (χ1) is 12.5. The van der Waals surface area contributed by atoms with Crippen molar-refractivity contribution in [2.24, 2.45) is 7.05 Å². The van der Waals surface area contributed by atoms with Crippen LogP contribution in [0.4, 0.5) is 0 Å². The van der Waals surface area contributed by atoms with Crippen molar-refractivity contribution in [2.45, 2.75) is 38.6 Å². The van der Waals surface area contributed by atoms with Crippen molar-refractivity contribution in [1.82, 2.24) is 9.47 Å². The van der Waals surface area contributed by atoms with Crippen LogP contribution in [0.3, 0.4) is 0 Å². The van der Waals surface area contributed by atoms with Crippen LogP contribution in [-0.2, 0) is 16.6 Å². The number of aromatic nitrogens is 1. The molecule has 6 heteroatoms. The van der Waals surface area contributed by atoms with Crippen LogP contribution < -0.4 is 4.74 Å². The summed E-state index contributed by atoms with van der Waals surface area (Å²) in [6.07, 6.45) is 3.09. The van der Waals surface area contributed by atoms with Crippen LogP contribution in [0.15, 0.2) is 24.3 Å². The van der Waals surface area contributed by atoms with Crippen LogP contribution >= 0.6 is 0 Å². The van der Waals surface area contributed by atoms with Gasteiger partial charge >= 0.3 is 5.97 Å². The van der Waals surface area contributed by atoms with E-state index >= 15 is 0 Å². The number of methoxy groups -OCH3 is 1. The lowest BCUT2D eigenvalue weighted by Crippen LogP contribution is -2.45. The molecular formula is C20H26N2O4. The molecule has 1 fully saturated rings. The van der Waals surface area contributed by atoms with E-state index in [1.54, 1.807) is 14.0 Å². The highest BCUT2D eigenvalue weighted by atomic mass is 16.5. The zero-order chi connectivity index (χ0) is 18.7. The predicted octanol–water partition coefficient (Wildman–Crippen LogP) is 3.13. The Kier molecular flexibility index (Phi) is 5.49. The molecule has 1 aliphatic heterocycles. The summed E-state index contributed by atoms with van der Waals surface area (Å²) < 4.78 is 12.3. The fourth-order valence-electron chi connectivity index (χ4n) is 3.68. The molecule has 0 saturated carbocycles. The van der Waals surface area contributed by atoms with Crippen LogP contribution in [0.2, 0.25) is 0 Å². The molecule has 1 saturated heterocycles. The molecule has 0 N–H and O–H groups in total. The number of nitrogens with zero attached hydrogens (tertiary/aromatic N) is 2. The maximum absolute atomic E-state index is 13.2. The summed E-state index contributed by atoms with van der Waals surface area (Å²) >= 11 is 0. The summed E-state index contributed by atoms with van der Waals surface area (Å²) in [5.41, 5.74) is 1.58. The normalized spacial score (nSPS) is 17.3. The van der Waals surface area contributed by atoms with Crippen molar-refractivity contribution in [2.75, 3.05) is 20.3 Å². The largest absolute Gasteiger partial charge is 0.497 e. The number of benzene rings is 1. The van der Waals surface area contributed by atoms with Crippen molar-refractivity contribution in [3.8, 4) is 5.75 Å². The molecule has 26 heavy (non-hydrogen) atoms. The molecule has 2 heterocycles. The summed E-state index contributed by atoms with van der Waals surface area (Å²) in [5, 5.41) is 0.996. The van der Waals surface area contributed by atoms with Gasteiger partial charge in [0.15, 0.2) is 0 Å². The third kappa shape index (κ3) is 3.54. The number of aryl methyl sites for hydroxylation is 1. The van der Waals surface area contributed by atoms with Crippen LogP contribution in [0.25, 0.3) is 10.9 Å². The summed E-state index contributed by atoms with van der Waals surface area (Å²) in [6, 6.07) is 7.59. The van der Waals surface area contributed by atoms with Gasteiger partial charge in [-0.2, -0.15) is 0 Å². The number of hydrogen-bond donors (Lipinski definition) is 0. The van der Waals surface area contributed by atoms with Crippen LogP contribution in [0, 0.1) is 0 Å². The first-order valence-corrected chi connectivity index (χ1v) is 9.15. The van der Waals surface area contributed by atoms with Gasteiger partial charge in [0.1, 0.15) is 11.4 Å². The molecule has 0 spiro atoms. The Morgan fingerprint density at radius 1 is 1.23 bits per heavy atom. The van der Waals surface area contributed by atoms with E-state index in [2.05, 4.69) is 0 Å². The second kappa shape index (κ2) is 7.81. The van der Waals surface area contributed by atoms with Crippen molar-refractivity contribution in [3.05, 3.63) is 30.0 Å². The predicted molar refractivity (Wildman–Crippen MR) is 99.4 cm³/mol. The van der Waals surface area contributed by atoms with Gasteiger partial charge in [0.05, 0.1) is 25.7 Å². The number of hydrogen-bond acceptors (Lipinski definition) is 4. The highest BCUT2D eigenvalue weighted by molar-refractivity contribution is 5.99. The van der Waals surface area contributed by atoms with Gasteiger partial charge in [-0.25, -0.2) is 0 Å². The van der Waals surface area contributed by atoms with E-state index in [1.807, 2.05) is 40.8 Å². The van der Waals surface area contributed by atoms with E-state index in [0.717, 1.165) is 35.9 Å². The summed E-state index contributed by atoms with van der Waals surface area (Å²) in [5.74, 6) is 0.492. The lowest BCUT2D eigenvalue weighted by molar-refractivity contribution is -0.144. The minimum Gasteiger partial charge on any atom is -0.497 e. The van der Waals surface area contributed by atoms with E-state index in [1.165, 1.54) is 0 Å². The third-order valence-electron chi connectivity index (χ3n) is 5.07. The molecule has 1 aromatic heterocycles. The molecule has 2 aromatic rings. The van der Waals surface area contributed by atoms with E-state index in [4.69, 9.17) is 9.47 Å². The average molecular weight is 358 g/mol. The molecule has 1 aliphatic rings. The standard InChI is InChI=1S/C20H26N2O4/c1-4-26-19(23)12-15-7-5-6-10-22(15)20(24)18-11-14-8-9-16(25-3)13-17(14)21(18)2/h8-9,11,13,15H,4-7,10,12H2,1-3H3/t15-/m1/s1. The smallest absolute Gasteiger partial charge is 0.307 e. The van der Waals surface area contributed by atoms with Gasteiger partial charge in [-0.15, -0.1) is 0 Å². The van der Waals surface area contributed by atoms with Crippen molar-refractivity contribution >= 4 is 22.8 Å². The molecule has 0 aliphatic carbocycles. The lowest BCUT2D eigenvalue weighted by Gasteiger charge is -2.35. The van der Waals surface area contributed by atoms with Crippen LogP contribution in [-0.4, -0.2) is 47.6 Å². The highest BCUT2D eigenvalue weighted by Crippen LogP contribution is 2.27. The molecular weight excluding hydrogens is 332 g/mol. The number of likely N-dealkylation sites (tertiary alicyclic amines) is 1. The monoisotopic (exact) mass is 358 g/mol. The van der Waals surface area contributed by atoms with Gasteiger partial charge < -0.3 is 18.9 Å². The zero-order valence-electron chi connectivity index (χ0n) is 15.7. The van der Waals surface area contributed by atoms with E-state index in [-0.39, 0.29) is 24.3 Å². The van der Waals surface area contributed by atoms with Crippen LogP contribution in [0.1, 0.15) is 43.1 Å². The number of piperidine rings is 1. The molecule has 0 unspecified atom stereocenters. The molecule has 0 radical (unpaired) electrons. The average Bonchev–Trinajstić information content (AvgIpc) is 2.98. The Bertz CT molecular complexity index is 811. The summed E-state index contributed by atoms with van der Waals surface area (Å²) in [4.78, 5) is 27.0. The summed E-state index contributed by atoms with van der Waals surface area (Å²) in [6.45, 7) is 2.84. The Balaban J connectivity index is 1.87. The third-order valence-corrected chi connectivity index (χ3v) is 5.07. The van der Waals surface area contributed by atoms with E-state index in [0.29, 0.717) is 18.8 Å². The topological polar surface area (TPSA) is 60.8 Å². The molecule has 6 nitrogen and oxygen atoms in total. The number of carbonyl (C=O) groups is 2. The van der Waals surface area contributed by atoms with E-state index in [9.17, 15) is 9.59 Å². The summed E-state index contributed by atoms with van der Waals surface area (Å²) in [7, 11) is 3.52. The molecule has 1 aromatic carbocycles. The van der Waals surface area contributed by atoms with Crippen molar-refractivity contribution in [3.63, 3.8) is 0 Å². The minimum absolute atomic E-state index is 0.0309. The van der Waals surface area contributed by atoms with Gasteiger partial charge in [0.2, 0.25) is 0 Å². The lowest BCUT2D eigenvalue weighted by atomic mass is 9.99. The molecule has 3 rings (SSSR count). The molecule has 0 bridgehead atoms. The Hall–Kier alpha value is -2.50. The van der Waals surface area contributed by atoms with E-state index < -0.39 is 0 Å². The highest BCUT2D eigenvalue weighted by Gasteiger charge is 2.31. The minimum atomic E-state index is -0.237. The Morgan fingerprint density at radius 3 is 2.77 bits per heavy atom. The quantitative estimate of drug-likeness (QED) is 0.771. The van der Waals surface area contributed by atoms with Gasteiger partial charge in [-0.05, 0) is 44.4 Å². The second-order valence-corrected chi connectivity index (χ2v) is 6.67. The number of fused-ring (bicyclic) bond motifs is 1. The van der Waals surface area contributed by atoms with Gasteiger partial charge in [0.25, 0.3) is 5.91 Å². The number of ether oxygens (including phenoxy) is 2. The number of carbonyl (C=O) groups excluding carboxylic acids is 2. The molecule has 1 amide bonds. The molecule has 1 atom stereocenters. The maximum atomic E-state index is 13.2. The van der Waals surface area contributed by atoms with Gasteiger partial charge in [0, 0.05) is 31.1 Å². The Morgan fingerprint density at radius 2 is 2.04 bits per heavy atom. The number of amides is 1. The fourth-order valence-corrected chi connectivity index (χ4v) is 3.68. The zero-order valence-corrected chi connectivity index (χ0v) is 15.7. The number of esters is 1. The second-order valence-electron chi connectivity index (χ2n) is 6.67. The van der Waals surface area contributed by atoms with Gasteiger partial charge in [-0.1, -0.05) is 0 Å². The maximum Gasteiger partial charge on any atom is 0.307 e.